The van der Waals surface area contributed by atoms with Crippen LogP contribution < -0.4 is 5.32 Å². The van der Waals surface area contributed by atoms with Crippen LogP contribution in [0.2, 0.25) is 0 Å². The molecule has 8 nitrogen and oxygen atoms in total. The van der Waals surface area contributed by atoms with Gasteiger partial charge in [-0.3, -0.25) is 20.2 Å². The van der Waals surface area contributed by atoms with Gasteiger partial charge in [0.05, 0.1) is 4.92 Å². The Morgan fingerprint density at radius 3 is 2.47 bits per heavy atom. The summed E-state index contributed by atoms with van der Waals surface area (Å²) in [6, 6.07) is 20.0. The number of nitriles is 1. The van der Waals surface area contributed by atoms with Crippen LogP contribution in [0.5, 0.6) is 0 Å². The number of aromatic nitrogens is 1. The molecule has 0 unspecified atom stereocenters. The zero-order valence-corrected chi connectivity index (χ0v) is 15.5. The normalized spacial score (nSPS) is 10.4. The maximum absolute atomic E-state index is 12.6. The van der Waals surface area contributed by atoms with Crippen LogP contribution >= 0.6 is 0 Å². The first-order valence-electron chi connectivity index (χ1n) is 8.88. The summed E-state index contributed by atoms with van der Waals surface area (Å²) < 4.78 is 7.53. The molecular formula is C22H14N4O4. The van der Waals surface area contributed by atoms with E-state index in [0.29, 0.717) is 11.1 Å². The van der Waals surface area contributed by atoms with Crippen LogP contribution in [0.4, 0.5) is 11.6 Å². The van der Waals surface area contributed by atoms with Gasteiger partial charge in [-0.15, -0.1) is 0 Å². The molecule has 146 valence electrons. The van der Waals surface area contributed by atoms with Crippen LogP contribution in [-0.4, -0.2) is 15.4 Å². The van der Waals surface area contributed by atoms with E-state index in [1.54, 1.807) is 30.3 Å². The molecule has 8 heteroatoms. The Morgan fingerprint density at radius 2 is 1.80 bits per heavy atom. The predicted molar refractivity (Wildman–Crippen MR) is 109 cm³/mol. The molecule has 2 aromatic carbocycles. The monoisotopic (exact) mass is 398 g/mol. The average Bonchev–Trinajstić information content (AvgIpc) is 3.44. The maximum atomic E-state index is 12.6. The highest BCUT2D eigenvalue weighted by Gasteiger charge is 2.17. The van der Waals surface area contributed by atoms with Crippen molar-refractivity contribution in [2.45, 2.75) is 0 Å². The Kier molecular flexibility index (Phi) is 4.85. The fourth-order valence-electron chi connectivity index (χ4n) is 2.95. The molecule has 0 spiro atoms. The number of rotatable bonds is 5. The Labute approximate surface area is 170 Å². The third-order valence-corrected chi connectivity index (χ3v) is 4.45. The molecule has 0 aliphatic carbocycles. The Hall–Kier alpha value is -4.64. The molecule has 1 amide bonds. The number of carbonyl (C=O) groups excluding carboxylic acids is 1. The molecule has 30 heavy (non-hydrogen) atoms. The topological polar surface area (TPSA) is 114 Å². The van der Waals surface area contributed by atoms with Gasteiger partial charge in [0.1, 0.15) is 17.4 Å². The van der Waals surface area contributed by atoms with Gasteiger partial charge in [0.25, 0.3) is 11.6 Å². The quantitative estimate of drug-likeness (QED) is 0.384. The molecule has 0 aliphatic heterocycles. The Bertz CT molecular complexity index is 1270. The second-order valence-corrected chi connectivity index (χ2v) is 6.36. The van der Waals surface area contributed by atoms with E-state index in [0.717, 1.165) is 5.69 Å². The smallest absolute Gasteiger partial charge is 0.270 e. The van der Waals surface area contributed by atoms with Crippen LogP contribution in [0.3, 0.4) is 0 Å². The number of carbonyl (C=O) groups is 1. The van der Waals surface area contributed by atoms with Gasteiger partial charge >= 0.3 is 0 Å². The molecular weight excluding hydrogens is 384 g/mol. The molecule has 2 aromatic heterocycles. The van der Waals surface area contributed by atoms with Crippen molar-refractivity contribution in [3.8, 4) is 23.1 Å². The van der Waals surface area contributed by atoms with Crippen LogP contribution in [0.1, 0.15) is 15.9 Å². The van der Waals surface area contributed by atoms with Gasteiger partial charge < -0.3 is 8.98 Å². The largest absolute Gasteiger partial charge is 0.439 e. The average molecular weight is 398 g/mol. The molecule has 0 fully saturated rings. The van der Waals surface area contributed by atoms with Crippen molar-refractivity contribution in [2.75, 3.05) is 5.32 Å². The lowest BCUT2D eigenvalue weighted by atomic mass is 10.1. The van der Waals surface area contributed by atoms with E-state index in [4.69, 9.17) is 4.42 Å². The van der Waals surface area contributed by atoms with Crippen LogP contribution in [-0.2, 0) is 0 Å². The first kappa shape index (κ1) is 18.7. The summed E-state index contributed by atoms with van der Waals surface area (Å²) >= 11 is 0. The van der Waals surface area contributed by atoms with E-state index in [2.05, 4.69) is 5.32 Å². The standard InChI is InChI=1S/C22H14N4O4/c23-14-17-13-20(16-4-3-5-19(12-16)26(28)29)30-22(17)24-21(27)15-6-8-18(9-7-15)25-10-1-2-11-25/h1-13H,(H,24,27). The second kappa shape index (κ2) is 7.77. The van der Waals surface area contributed by atoms with Gasteiger partial charge in [-0.05, 0) is 36.4 Å². The van der Waals surface area contributed by atoms with Gasteiger partial charge in [-0.1, -0.05) is 12.1 Å². The fourth-order valence-corrected chi connectivity index (χ4v) is 2.95. The van der Waals surface area contributed by atoms with Crippen molar-refractivity contribution >= 4 is 17.5 Å². The summed E-state index contributed by atoms with van der Waals surface area (Å²) in [7, 11) is 0. The van der Waals surface area contributed by atoms with Crippen molar-refractivity contribution in [1.29, 1.82) is 5.26 Å². The number of non-ortho nitro benzene ring substituents is 1. The zero-order chi connectivity index (χ0) is 21.1. The summed E-state index contributed by atoms with van der Waals surface area (Å²) in [6.45, 7) is 0. The van der Waals surface area contributed by atoms with Gasteiger partial charge in [-0.25, -0.2) is 0 Å². The van der Waals surface area contributed by atoms with Crippen LogP contribution in [0.25, 0.3) is 17.0 Å². The summed E-state index contributed by atoms with van der Waals surface area (Å²) in [5.74, 6) is -0.211. The van der Waals surface area contributed by atoms with Crippen LogP contribution in [0.15, 0.2) is 83.5 Å². The number of benzene rings is 2. The highest BCUT2D eigenvalue weighted by Crippen LogP contribution is 2.31. The van der Waals surface area contributed by atoms with Gasteiger partial charge in [-0.2, -0.15) is 5.26 Å². The highest BCUT2D eigenvalue weighted by atomic mass is 16.6. The fraction of sp³-hybridized carbons (Fsp3) is 0. The number of amides is 1. The van der Waals surface area contributed by atoms with Crippen molar-refractivity contribution in [2.24, 2.45) is 0 Å². The number of hydrogen-bond donors (Lipinski definition) is 1. The number of hydrogen-bond acceptors (Lipinski definition) is 5. The molecule has 1 N–H and O–H groups in total. The van der Waals surface area contributed by atoms with Crippen molar-refractivity contribution < 1.29 is 14.1 Å². The molecule has 4 aromatic rings. The Morgan fingerprint density at radius 1 is 1.07 bits per heavy atom. The molecule has 0 saturated carbocycles. The number of anilines is 1. The molecule has 0 saturated heterocycles. The molecule has 4 rings (SSSR count). The van der Waals surface area contributed by atoms with Gasteiger partial charge in [0.15, 0.2) is 0 Å². The van der Waals surface area contributed by atoms with Crippen LogP contribution in [0, 0.1) is 21.4 Å². The predicted octanol–water partition coefficient (Wildman–Crippen LogP) is 4.77. The lowest BCUT2D eigenvalue weighted by Gasteiger charge is -2.06. The van der Waals surface area contributed by atoms with Gasteiger partial charge in [0, 0.05) is 47.4 Å². The minimum absolute atomic E-state index is 0.0153. The van der Waals surface area contributed by atoms with E-state index in [1.807, 2.05) is 35.2 Å². The summed E-state index contributed by atoms with van der Waals surface area (Å²) in [5.41, 5.74) is 1.74. The molecule has 0 aliphatic rings. The second-order valence-electron chi connectivity index (χ2n) is 6.36. The first-order valence-corrected chi connectivity index (χ1v) is 8.88. The highest BCUT2D eigenvalue weighted by molar-refractivity contribution is 6.04. The van der Waals surface area contributed by atoms with E-state index >= 15 is 0 Å². The summed E-state index contributed by atoms with van der Waals surface area (Å²) in [6.07, 6.45) is 3.79. The van der Waals surface area contributed by atoms with E-state index in [1.165, 1.54) is 24.3 Å². The van der Waals surface area contributed by atoms with Gasteiger partial charge in [0.2, 0.25) is 5.88 Å². The maximum Gasteiger partial charge on any atom is 0.270 e. The summed E-state index contributed by atoms with van der Waals surface area (Å²) in [5, 5.41) is 22.9. The Balaban J connectivity index is 1.57. The van der Waals surface area contributed by atoms with Crippen molar-refractivity contribution in [3.05, 3.63) is 100 Å². The SMILES string of the molecule is N#Cc1cc(-c2cccc([N+](=O)[O-])c2)oc1NC(=O)c1ccc(-n2cccc2)cc1. The molecule has 2 heterocycles. The zero-order valence-electron chi connectivity index (χ0n) is 15.5. The number of nitrogens with one attached hydrogen (secondary N) is 1. The lowest BCUT2D eigenvalue weighted by molar-refractivity contribution is -0.384. The number of nitrogens with zero attached hydrogens (tertiary/aromatic N) is 3. The van der Waals surface area contributed by atoms with Crippen molar-refractivity contribution in [3.63, 3.8) is 0 Å². The van der Waals surface area contributed by atoms with E-state index < -0.39 is 10.8 Å². The van der Waals surface area contributed by atoms with E-state index in [9.17, 15) is 20.2 Å². The molecule has 0 bridgehead atoms. The number of nitro groups is 1. The minimum Gasteiger partial charge on any atom is -0.439 e. The number of nitro benzene ring substituents is 1. The molecule has 0 atom stereocenters. The van der Waals surface area contributed by atoms with E-state index in [-0.39, 0.29) is 22.9 Å². The van der Waals surface area contributed by atoms with Crippen molar-refractivity contribution in [1.82, 2.24) is 4.57 Å². The minimum atomic E-state index is -0.516. The summed E-state index contributed by atoms with van der Waals surface area (Å²) in [4.78, 5) is 23.1. The first-order chi connectivity index (χ1) is 14.5. The lowest BCUT2D eigenvalue weighted by Crippen LogP contribution is -2.12. The third-order valence-electron chi connectivity index (χ3n) is 4.45. The number of furan rings is 1. The third kappa shape index (κ3) is 3.68. The molecule has 0 radical (unpaired) electrons.